The molecule has 0 saturated carbocycles. The largest absolute Gasteiger partial charge is 0.476 e. The molecule has 0 unspecified atom stereocenters. The summed E-state index contributed by atoms with van der Waals surface area (Å²) in [6.45, 7) is 1.39. The van der Waals surface area contributed by atoms with Crippen LogP contribution in [0.25, 0.3) is 0 Å². The van der Waals surface area contributed by atoms with Crippen molar-refractivity contribution in [2.24, 2.45) is 0 Å². The van der Waals surface area contributed by atoms with Crippen molar-refractivity contribution in [2.45, 2.75) is 38.9 Å². The molecule has 1 aromatic heterocycles. The minimum absolute atomic E-state index is 0.240. The van der Waals surface area contributed by atoms with Crippen molar-refractivity contribution in [1.29, 1.82) is 0 Å². The number of hydrogen-bond acceptors (Lipinski definition) is 3. The number of nitrogens with zero attached hydrogens (tertiary/aromatic N) is 3. The van der Waals surface area contributed by atoms with Gasteiger partial charge < -0.3 is 5.11 Å². The van der Waals surface area contributed by atoms with Crippen molar-refractivity contribution in [2.75, 3.05) is 0 Å². The standard InChI is InChI=1S/C9H12F3N3O2/c1-2-3-6-7(8(16)17)13-14-15(6)5-4-9(10,11)12/h2-5H2,1H3,(H,16,17). The number of rotatable bonds is 5. The number of aryl methyl sites for hydroxylation is 1. The first-order chi connectivity index (χ1) is 7.85. The maximum atomic E-state index is 12.0. The Bertz CT molecular complexity index is 401. The highest BCUT2D eigenvalue weighted by Gasteiger charge is 2.28. The summed E-state index contributed by atoms with van der Waals surface area (Å²) in [5.41, 5.74) is -0.0294. The van der Waals surface area contributed by atoms with Gasteiger partial charge in [0.05, 0.1) is 18.7 Å². The zero-order valence-corrected chi connectivity index (χ0v) is 9.16. The molecule has 96 valence electrons. The molecule has 8 heteroatoms. The van der Waals surface area contributed by atoms with E-state index in [9.17, 15) is 18.0 Å². The van der Waals surface area contributed by atoms with Gasteiger partial charge in [-0.2, -0.15) is 13.2 Å². The van der Waals surface area contributed by atoms with Gasteiger partial charge in [-0.25, -0.2) is 9.48 Å². The quantitative estimate of drug-likeness (QED) is 0.867. The van der Waals surface area contributed by atoms with Crippen molar-refractivity contribution >= 4 is 5.97 Å². The Morgan fingerprint density at radius 3 is 2.59 bits per heavy atom. The maximum Gasteiger partial charge on any atom is 0.390 e. The molecule has 1 heterocycles. The van der Waals surface area contributed by atoms with E-state index in [4.69, 9.17) is 5.11 Å². The molecule has 0 fully saturated rings. The third-order valence-electron chi connectivity index (χ3n) is 2.13. The molecule has 5 nitrogen and oxygen atoms in total. The summed E-state index contributed by atoms with van der Waals surface area (Å²) in [5, 5.41) is 15.6. The van der Waals surface area contributed by atoms with Crippen molar-refractivity contribution in [1.82, 2.24) is 15.0 Å². The monoisotopic (exact) mass is 251 g/mol. The van der Waals surface area contributed by atoms with Gasteiger partial charge >= 0.3 is 12.1 Å². The van der Waals surface area contributed by atoms with E-state index >= 15 is 0 Å². The molecule has 0 aromatic carbocycles. The molecule has 0 saturated heterocycles. The number of hydrogen-bond donors (Lipinski definition) is 1. The van der Waals surface area contributed by atoms with Gasteiger partial charge in [0, 0.05) is 0 Å². The van der Waals surface area contributed by atoms with Crippen LogP contribution in [-0.2, 0) is 13.0 Å². The van der Waals surface area contributed by atoms with Crippen LogP contribution in [0.15, 0.2) is 0 Å². The molecule has 0 bridgehead atoms. The highest BCUT2D eigenvalue weighted by Crippen LogP contribution is 2.21. The predicted octanol–water partition coefficient (Wildman–Crippen LogP) is 1.88. The van der Waals surface area contributed by atoms with E-state index in [0.717, 1.165) is 4.68 Å². The second-order valence-corrected chi connectivity index (χ2v) is 3.53. The number of carboxylic acids is 1. The number of carbonyl (C=O) groups is 1. The highest BCUT2D eigenvalue weighted by molar-refractivity contribution is 5.86. The molecule has 0 aliphatic heterocycles. The minimum atomic E-state index is -4.29. The summed E-state index contributed by atoms with van der Waals surface area (Å²) in [4.78, 5) is 10.8. The van der Waals surface area contributed by atoms with E-state index in [1.165, 1.54) is 0 Å². The third-order valence-corrected chi connectivity index (χ3v) is 2.13. The first-order valence-corrected chi connectivity index (χ1v) is 5.07. The number of aromatic nitrogens is 3. The van der Waals surface area contributed by atoms with Crippen LogP contribution in [0.5, 0.6) is 0 Å². The number of carboxylic acid groups (broad SMARTS) is 1. The topological polar surface area (TPSA) is 68.0 Å². The van der Waals surface area contributed by atoms with Gasteiger partial charge in [-0.15, -0.1) is 5.10 Å². The van der Waals surface area contributed by atoms with E-state index in [1.807, 2.05) is 0 Å². The van der Waals surface area contributed by atoms with Crippen molar-refractivity contribution < 1.29 is 23.1 Å². The van der Waals surface area contributed by atoms with E-state index in [-0.39, 0.29) is 11.4 Å². The van der Waals surface area contributed by atoms with Crippen molar-refractivity contribution in [3.05, 3.63) is 11.4 Å². The van der Waals surface area contributed by atoms with Gasteiger partial charge in [0.15, 0.2) is 5.69 Å². The van der Waals surface area contributed by atoms with E-state index < -0.39 is 25.1 Å². The van der Waals surface area contributed by atoms with Crippen LogP contribution in [0, 0.1) is 0 Å². The Balaban J connectivity index is 2.88. The predicted molar refractivity (Wildman–Crippen MR) is 51.6 cm³/mol. The molecular weight excluding hydrogens is 239 g/mol. The summed E-state index contributed by atoms with van der Waals surface area (Å²) >= 11 is 0. The average molecular weight is 251 g/mol. The van der Waals surface area contributed by atoms with Crippen LogP contribution in [0.4, 0.5) is 13.2 Å². The fraction of sp³-hybridized carbons (Fsp3) is 0.667. The molecule has 1 aromatic rings. The second kappa shape index (κ2) is 5.15. The molecule has 0 amide bonds. The Hall–Kier alpha value is -1.60. The van der Waals surface area contributed by atoms with Crippen LogP contribution in [-0.4, -0.2) is 32.2 Å². The van der Waals surface area contributed by atoms with Gasteiger partial charge in [0.1, 0.15) is 0 Å². The molecule has 0 aliphatic rings. The summed E-state index contributed by atoms with van der Waals surface area (Å²) < 4.78 is 37.2. The first-order valence-electron chi connectivity index (χ1n) is 5.07. The van der Waals surface area contributed by atoms with Gasteiger partial charge in [-0.3, -0.25) is 0 Å². The smallest absolute Gasteiger partial charge is 0.390 e. The Morgan fingerprint density at radius 1 is 1.47 bits per heavy atom. The fourth-order valence-corrected chi connectivity index (χ4v) is 1.40. The Morgan fingerprint density at radius 2 is 2.12 bits per heavy atom. The molecule has 17 heavy (non-hydrogen) atoms. The number of alkyl halides is 3. The van der Waals surface area contributed by atoms with Crippen LogP contribution >= 0.6 is 0 Å². The summed E-state index contributed by atoms with van der Waals surface area (Å²) in [5.74, 6) is -1.27. The van der Waals surface area contributed by atoms with Gasteiger partial charge in [-0.1, -0.05) is 18.6 Å². The van der Waals surface area contributed by atoms with Crippen LogP contribution < -0.4 is 0 Å². The average Bonchev–Trinajstić information content (AvgIpc) is 2.58. The first kappa shape index (κ1) is 13.5. The van der Waals surface area contributed by atoms with E-state index in [1.54, 1.807) is 6.92 Å². The second-order valence-electron chi connectivity index (χ2n) is 3.53. The molecule has 0 radical (unpaired) electrons. The summed E-state index contributed by atoms with van der Waals surface area (Å²) in [6, 6.07) is 0. The Kier molecular flexibility index (Phi) is 4.08. The lowest BCUT2D eigenvalue weighted by atomic mass is 10.2. The van der Waals surface area contributed by atoms with Crippen LogP contribution in [0.3, 0.4) is 0 Å². The van der Waals surface area contributed by atoms with Gasteiger partial charge in [-0.05, 0) is 6.42 Å². The zero-order chi connectivity index (χ0) is 13.1. The van der Waals surface area contributed by atoms with Gasteiger partial charge in [0.25, 0.3) is 0 Å². The Labute approximate surface area is 95.2 Å². The normalized spacial score (nSPS) is 11.8. The fourth-order valence-electron chi connectivity index (χ4n) is 1.40. The highest BCUT2D eigenvalue weighted by atomic mass is 19.4. The minimum Gasteiger partial charge on any atom is -0.476 e. The molecular formula is C9H12F3N3O2. The third kappa shape index (κ3) is 3.72. The van der Waals surface area contributed by atoms with Crippen LogP contribution in [0.1, 0.15) is 35.9 Å². The SMILES string of the molecule is CCCc1c(C(=O)O)nnn1CCC(F)(F)F. The molecule has 1 N–H and O–H groups in total. The lowest BCUT2D eigenvalue weighted by Crippen LogP contribution is -2.15. The molecule has 1 rings (SSSR count). The molecule has 0 aliphatic carbocycles. The van der Waals surface area contributed by atoms with Crippen molar-refractivity contribution in [3.8, 4) is 0 Å². The van der Waals surface area contributed by atoms with Crippen molar-refractivity contribution in [3.63, 3.8) is 0 Å². The lowest BCUT2D eigenvalue weighted by molar-refractivity contribution is -0.137. The molecule has 0 atom stereocenters. The lowest BCUT2D eigenvalue weighted by Gasteiger charge is -2.08. The van der Waals surface area contributed by atoms with E-state index in [0.29, 0.717) is 12.8 Å². The molecule has 0 spiro atoms. The summed E-state index contributed by atoms with van der Waals surface area (Å²) in [7, 11) is 0. The van der Waals surface area contributed by atoms with E-state index in [2.05, 4.69) is 10.3 Å². The maximum absolute atomic E-state index is 12.0. The van der Waals surface area contributed by atoms with Gasteiger partial charge in [0.2, 0.25) is 0 Å². The zero-order valence-electron chi connectivity index (χ0n) is 9.16. The number of aromatic carboxylic acids is 1. The summed E-state index contributed by atoms with van der Waals surface area (Å²) in [6.07, 6.45) is -4.39. The number of halogens is 3. The van der Waals surface area contributed by atoms with Crippen LogP contribution in [0.2, 0.25) is 0 Å².